The van der Waals surface area contributed by atoms with Gasteiger partial charge in [-0.05, 0) is 43.4 Å². The summed E-state index contributed by atoms with van der Waals surface area (Å²) in [5.41, 5.74) is 0.470. The predicted molar refractivity (Wildman–Crippen MR) is 112 cm³/mol. The molecule has 30 heavy (non-hydrogen) atoms. The summed E-state index contributed by atoms with van der Waals surface area (Å²) in [6.45, 7) is 2.88. The van der Waals surface area contributed by atoms with Gasteiger partial charge in [-0.15, -0.1) is 0 Å². The summed E-state index contributed by atoms with van der Waals surface area (Å²) in [4.78, 5) is 28.0. The number of nitrogens with one attached hydrogen (secondary N) is 1. The molecule has 164 valence electrons. The first-order chi connectivity index (χ1) is 14.3. The second kappa shape index (κ2) is 7.85. The molecule has 0 spiro atoms. The molecule has 0 radical (unpaired) electrons. The zero-order valence-electron chi connectivity index (χ0n) is 17.5. The lowest BCUT2D eigenvalue weighted by molar-refractivity contribution is -0.130. The zero-order chi connectivity index (χ0) is 21.5. The van der Waals surface area contributed by atoms with Crippen molar-refractivity contribution in [3.05, 3.63) is 29.8 Å². The Kier molecular flexibility index (Phi) is 5.52. The van der Waals surface area contributed by atoms with Crippen molar-refractivity contribution in [2.45, 2.75) is 50.1 Å². The van der Waals surface area contributed by atoms with E-state index in [0.717, 1.165) is 28.5 Å². The number of hydrogen-bond acceptors (Lipinski definition) is 6. The standard InChI is InChI=1S/C21H29N3O5S/c1-3-10-24-19(25)18-13-16(14-23(18)11-12-30(24,27)28)22-20(26)21(8-9-21)15-4-6-17(29-2)7-5-15/h4-7,16,18H,3,8-14H2,1-2H3,(H,22,26)/t16-,18-/m0/s1. The minimum absolute atomic E-state index is 0.0131. The molecule has 1 aromatic rings. The fraction of sp³-hybridized carbons (Fsp3) is 0.619. The van der Waals surface area contributed by atoms with Gasteiger partial charge < -0.3 is 10.1 Å². The Morgan fingerprint density at radius 3 is 2.57 bits per heavy atom. The van der Waals surface area contributed by atoms with Crippen LogP contribution in [0.1, 0.15) is 38.2 Å². The van der Waals surface area contributed by atoms with Crippen LogP contribution in [-0.4, -0.2) is 74.0 Å². The van der Waals surface area contributed by atoms with Gasteiger partial charge in [0.15, 0.2) is 0 Å². The van der Waals surface area contributed by atoms with Gasteiger partial charge in [0.2, 0.25) is 15.9 Å². The van der Waals surface area contributed by atoms with E-state index in [9.17, 15) is 18.0 Å². The molecule has 2 amide bonds. The van der Waals surface area contributed by atoms with Crippen LogP contribution in [0, 0.1) is 0 Å². The Hall–Kier alpha value is -2.13. The van der Waals surface area contributed by atoms with Crippen LogP contribution in [0.4, 0.5) is 0 Å². The van der Waals surface area contributed by atoms with Crippen molar-refractivity contribution < 1.29 is 22.7 Å². The fourth-order valence-electron chi connectivity index (χ4n) is 4.62. The molecule has 3 fully saturated rings. The lowest BCUT2D eigenvalue weighted by Gasteiger charge is -2.23. The van der Waals surface area contributed by atoms with Crippen LogP contribution in [0.5, 0.6) is 5.75 Å². The number of hydrogen-bond donors (Lipinski definition) is 1. The van der Waals surface area contributed by atoms with E-state index in [0.29, 0.717) is 25.9 Å². The monoisotopic (exact) mass is 435 g/mol. The maximum Gasteiger partial charge on any atom is 0.253 e. The van der Waals surface area contributed by atoms with E-state index in [-0.39, 0.29) is 30.2 Å². The van der Waals surface area contributed by atoms with Crippen molar-refractivity contribution in [1.82, 2.24) is 14.5 Å². The van der Waals surface area contributed by atoms with Crippen LogP contribution in [0.2, 0.25) is 0 Å². The van der Waals surface area contributed by atoms with Gasteiger partial charge in [-0.2, -0.15) is 0 Å². The molecular weight excluding hydrogens is 406 g/mol. The van der Waals surface area contributed by atoms with E-state index in [2.05, 4.69) is 5.32 Å². The molecule has 0 bridgehead atoms. The Morgan fingerprint density at radius 1 is 1.27 bits per heavy atom. The summed E-state index contributed by atoms with van der Waals surface area (Å²) >= 11 is 0. The summed E-state index contributed by atoms with van der Waals surface area (Å²) in [6, 6.07) is 6.95. The van der Waals surface area contributed by atoms with E-state index in [4.69, 9.17) is 4.74 Å². The maximum atomic E-state index is 13.1. The Labute approximate surface area is 177 Å². The molecule has 4 rings (SSSR count). The van der Waals surface area contributed by atoms with Crippen LogP contribution in [0.3, 0.4) is 0 Å². The van der Waals surface area contributed by atoms with Gasteiger partial charge in [0.05, 0.1) is 24.3 Å². The van der Waals surface area contributed by atoms with Gasteiger partial charge in [-0.25, -0.2) is 12.7 Å². The second-order valence-corrected chi connectivity index (χ2v) is 10.5. The van der Waals surface area contributed by atoms with Gasteiger partial charge in [-0.1, -0.05) is 19.1 Å². The summed E-state index contributed by atoms with van der Waals surface area (Å²) < 4.78 is 31.1. The SMILES string of the molecule is CCCN1C(=O)[C@@H]2C[C@H](NC(=O)C3(c4ccc(OC)cc4)CC3)CN2CCS1(=O)=O. The van der Waals surface area contributed by atoms with Crippen LogP contribution < -0.4 is 10.1 Å². The smallest absolute Gasteiger partial charge is 0.253 e. The van der Waals surface area contributed by atoms with E-state index in [1.54, 1.807) is 7.11 Å². The summed E-state index contributed by atoms with van der Waals surface area (Å²) in [5.74, 6) is 0.318. The van der Waals surface area contributed by atoms with Crippen LogP contribution >= 0.6 is 0 Å². The molecule has 2 saturated heterocycles. The Morgan fingerprint density at radius 2 is 1.97 bits per heavy atom. The number of methoxy groups -OCH3 is 1. The van der Waals surface area contributed by atoms with Crippen LogP contribution in [0.25, 0.3) is 0 Å². The maximum absolute atomic E-state index is 13.1. The van der Waals surface area contributed by atoms with E-state index < -0.39 is 21.5 Å². The molecule has 1 aliphatic carbocycles. The minimum atomic E-state index is -3.56. The van der Waals surface area contributed by atoms with Crippen molar-refractivity contribution in [2.24, 2.45) is 0 Å². The first kappa shape index (κ1) is 21.1. The van der Waals surface area contributed by atoms with Crippen molar-refractivity contribution in [3.8, 4) is 5.75 Å². The number of rotatable bonds is 6. The van der Waals surface area contributed by atoms with Gasteiger partial charge >= 0.3 is 0 Å². The highest BCUT2D eigenvalue weighted by Gasteiger charge is 2.53. The quantitative estimate of drug-likeness (QED) is 0.712. The summed E-state index contributed by atoms with van der Waals surface area (Å²) in [6.07, 6.45) is 2.63. The van der Waals surface area contributed by atoms with Gasteiger partial charge in [-0.3, -0.25) is 14.5 Å². The largest absolute Gasteiger partial charge is 0.497 e. The average Bonchev–Trinajstić information content (AvgIpc) is 3.46. The molecule has 1 aromatic carbocycles. The van der Waals surface area contributed by atoms with Crippen molar-refractivity contribution >= 4 is 21.8 Å². The first-order valence-electron chi connectivity index (χ1n) is 10.5. The minimum Gasteiger partial charge on any atom is -0.497 e. The van der Waals surface area contributed by atoms with Crippen molar-refractivity contribution in [3.63, 3.8) is 0 Å². The Bertz CT molecular complexity index is 926. The highest BCUT2D eigenvalue weighted by atomic mass is 32.2. The third-order valence-corrected chi connectivity index (χ3v) is 8.23. The third-order valence-electron chi connectivity index (χ3n) is 6.50. The lowest BCUT2D eigenvalue weighted by atomic mass is 9.94. The molecule has 2 atom stereocenters. The molecular formula is C21H29N3O5S. The molecule has 3 aliphatic rings. The Balaban J connectivity index is 1.45. The lowest BCUT2D eigenvalue weighted by Crippen LogP contribution is -2.45. The average molecular weight is 436 g/mol. The third kappa shape index (κ3) is 3.69. The van der Waals surface area contributed by atoms with Gasteiger partial charge in [0, 0.05) is 25.7 Å². The number of ether oxygens (including phenoxy) is 1. The number of carbonyl (C=O) groups excluding carboxylic acids is 2. The number of amides is 2. The number of fused-ring (bicyclic) bond motifs is 1. The molecule has 2 aliphatic heterocycles. The molecule has 1 N–H and O–H groups in total. The number of sulfonamides is 1. The normalized spacial score (nSPS) is 27.3. The van der Waals surface area contributed by atoms with Gasteiger partial charge in [0.1, 0.15) is 5.75 Å². The van der Waals surface area contributed by atoms with E-state index >= 15 is 0 Å². The number of nitrogens with zero attached hydrogens (tertiary/aromatic N) is 2. The highest BCUT2D eigenvalue weighted by Crippen LogP contribution is 2.49. The number of benzene rings is 1. The summed E-state index contributed by atoms with van der Waals surface area (Å²) in [5, 5.41) is 3.14. The van der Waals surface area contributed by atoms with Crippen molar-refractivity contribution in [1.29, 1.82) is 0 Å². The molecule has 1 saturated carbocycles. The van der Waals surface area contributed by atoms with Gasteiger partial charge in [0.25, 0.3) is 5.91 Å². The predicted octanol–water partition coefficient (Wildman–Crippen LogP) is 0.868. The summed E-state index contributed by atoms with van der Waals surface area (Å²) in [7, 11) is -1.95. The van der Waals surface area contributed by atoms with Crippen molar-refractivity contribution in [2.75, 3.05) is 32.5 Å². The molecule has 8 nitrogen and oxygen atoms in total. The molecule has 9 heteroatoms. The molecule has 2 heterocycles. The second-order valence-electron chi connectivity index (χ2n) is 8.45. The zero-order valence-corrected chi connectivity index (χ0v) is 18.3. The molecule has 0 aromatic heterocycles. The fourth-order valence-corrected chi connectivity index (χ4v) is 6.16. The molecule has 0 unspecified atom stereocenters. The topological polar surface area (TPSA) is 96.0 Å². The van der Waals surface area contributed by atoms with Crippen LogP contribution in [-0.2, 0) is 25.0 Å². The van der Waals surface area contributed by atoms with E-state index in [1.165, 1.54) is 0 Å². The first-order valence-corrected chi connectivity index (χ1v) is 12.2. The van der Waals surface area contributed by atoms with E-state index in [1.807, 2.05) is 36.1 Å². The van der Waals surface area contributed by atoms with Crippen LogP contribution in [0.15, 0.2) is 24.3 Å². The number of carbonyl (C=O) groups is 2. The highest BCUT2D eigenvalue weighted by molar-refractivity contribution is 7.89.